The lowest BCUT2D eigenvalue weighted by molar-refractivity contribution is 0.217. The molecule has 2 aromatic carbocycles. The first kappa shape index (κ1) is 15.1. The Balaban J connectivity index is 2.40. The molecule has 1 N–H and O–H groups in total. The van der Waals surface area contributed by atoms with Gasteiger partial charge in [0.1, 0.15) is 6.10 Å². The Bertz CT molecular complexity index is 577. The van der Waals surface area contributed by atoms with Crippen LogP contribution in [0.1, 0.15) is 42.2 Å². The number of hydrogen-bond acceptors (Lipinski definition) is 2. The predicted molar refractivity (Wildman–Crippen MR) is 87.5 cm³/mol. The first-order valence-electron chi connectivity index (χ1n) is 7.13. The molecule has 0 aliphatic carbocycles. The second-order valence-electron chi connectivity index (χ2n) is 4.88. The summed E-state index contributed by atoms with van der Waals surface area (Å²) in [4.78, 5) is 1.14. The maximum atomic E-state index is 10.7. The summed E-state index contributed by atoms with van der Waals surface area (Å²) in [5, 5.41) is 10.7. The van der Waals surface area contributed by atoms with E-state index in [-0.39, 0.29) is 0 Å². The molecule has 2 aromatic rings. The molecular weight excluding hydrogens is 264 g/mol. The Kier molecular flexibility index (Phi) is 5.27. The molecule has 0 saturated carbocycles. The summed E-state index contributed by atoms with van der Waals surface area (Å²) in [6.07, 6.45) is 3.55. The number of aliphatic hydroxyl groups is 1. The van der Waals surface area contributed by atoms with Gasteiger partial charge in [-0.1, -0.05) is 50.2 Å². The monoisotopic (exact) mass is 286 g/mol. The molecule has 0 aliphatic heterocycles. The van der Waals surface area contributed by atoms with E-state index in [2.05, 4.69) is 38.1 Å². The van der Waals surface area contributed by atoms with Gasteiger partial charge in [-0.25, -0.2) is 0 Å². The van der Waals surface area contributed by atoms with Crippen LogP contribution in [0.15, 0.2) is 47.4 Å². The first-order chi connectivity index (χ1) is 9.71. The zero-order chi connectivity index (χ0) is 14.5. The third-order valence-electron chi connectivity index (χ3n) is 3.74. The maximum absolute atomic E-state index is 10.7. The Hall–Kier alpha value is -1.25. The van der Waals surface area contributed by atoms with Crippen molar-refractivity contribution in [3.05, 3.63) is 64.7 Å². The number of hydrogen-bond donors (Lipinski definition) is 1. The summed E-state index contributed by atoms with van der Waals surface area (Å²) < 4.78 is 0. The van der Waals surface area contributed by atoms with Gasteiger partial charge in [0.25, 0.3) is 0 Å². The third-order valence-corrected chi connectivity index (χ3v) is 4.55. The second kappa shape index (κ2) is 6.96. The highest BCUT2D eigenvalue weighted by Crippen LogP contribution is 2.31. The fourth-order valence-electron chi connectivity index (χ4n) is 2.56. The highest BCUT2D eigenvalue weighted by molar-refractivity contribution is 7.98. The molecular formula is C18H22OS. The van der Waals surface area contributed by atoms with E-state index < -0.39 is 6.10 Å². The Morgan fingerprint density at radius 2 is 1.70 bits per heavy atom. The molecule has 2 heteroatoms. The molecule has 0 radical (unpaired) electrons. The summed E-state index contributed by atoms with van der Waals surface area (Å²) in [5.41, 5.74) is 4.69. The fraction of sp³-hybridized carbons (Fsp3) is 0.333. The lowest BCUT2D eigenvalue weighted by atomic mass is 9.95. The van der Waals surface area contributed by atoms with Crippen molar-refractivity contribution in [2.75, 3.05) is 6.26 Å². The molecule has 20 heavy (non-hydrogen) atoms. The fourth-order valence-corrected chi connectivity index (χ4v) is 3.19. The SMILES string of the molecule is CCc1ccc(C(O)c2ccccc2SC)cc1CC. The Labute approximate surface area is 126 Å². The Morgan fingerprint density at radius 1 is 1.00 bits per heavy atom. The second-order valence-corrected chi connectivity index (χ2v) is 5.73. The van der Waals surface area contributed by atoms with Gasteiger partial charge in [-0.2, -0.15) is 0 Å². The molecule has 0 bridgehead atoms. The lowest BCUT2D eigenvalue weighted by Crippen LogP contribution is -2.03. The molecule has 1 atom stereocenters. The van der Waals surface area contributed by atoms with Gasteiger partial charge in [0, 0.05) is 4.90 Å². The van der Waals surface area contributed by atoms with Crippen molar-refractivity contribution < 1.29 is 5.11 Å². The summed E-state index contributed by atoms with van der Waals surface area (Å²) in [5.74, 6) is 0. The smallest absolute Gasteiger partial charge is 0.105 e. The molecule has 0 fully saturated rings. The van der Waals surface area contributed by atoms with Crippen LogP contribution < -0.4 is 0 Å². The minimum absolute atomic E-state index is 0.546. The Morgan fingerprint density at radius 3 is 2.35 bits per heavy atom. The van der Waals surface area contributed by atoms with Crippen molar-refractivity contribution in [3.63, 3.8) is 0 Å². The van der Waals surface area contributed by atoms with Crippen LogP contribution in [-0.4, -0.2) is 11.4 Å². The maximum Gasteiger partial charge on any atom is 0.105 e. The van der Waals surface area contributed by atoms with Gasteiger partial charge in [-0.05, 0) is 47.4 Å². The molecule has 0 aliphatic rings. The molecule has 0 saturated heterocycles. The van der Waals surface area contributed by atoms with E-state index in [0.29, 0.717) is 0 Å². The van der Waals surface area contributed by atoms with Crippen molar-refractivity contribution >= 4 is 11.8 Å². The van der Waals surface area contributed by atoms with Crippen molar-refractivity contribution in [1.29, 1.82) is 0 Å². The van der Waals surface area contributed by atoms with Crippen molar-refractivity contribution in [3.8, 4) is 0 Å². The van der Waals surface area contributed by atoms with Crippen LogP contribution in [0.4, 0.5) is 0 Å². The highest BCUT2D eigenvalue weighted by Gasteiger charge is 2.15. The van der Waals surface area contributed by atoms with Gasteiger partial charge in [0.05, 0.1) is 0 Å². The number of benzene rings is 2. The van der Waals surface area contributed by atoms with Crippen LogP contribution in [0.2, 0.25) is 0 Å². The average molecular weight is 286 g/mol. The van der Waals surface area contributed by atoms with Crippen LogP contribution in [-0.2, 0) is 12.8 Å². The molecule has 2 rings (SSSR count). The van der Waals surface area contributed by atoms with Gasteiger partial charge in [-0.3, -0.25) is 0 Å². The average Bonchev–Trinajstić information content (AvgIpc) is 2.53. The number of aryl methyl sites for hydroxylation is 2. The zero-order valence-corrected chi connectivity index (χ0v) is 13.2. The first-order valence-corrected chi connectivity index (χ1v) is 8.36. The van der Waals surface area contributed by atoms with E-state index in [1.54, 1.807) is 11.8 Å². The van der Waals surface area contributed by atoms with Crippen molar-refractivity contribution in [1.82, 2.24) is 0 Å². The summed E-state index contributed by atoms with van der Waals surface area (Å²) in [6, 6.07) is 14.4. The van der Waals surface area contributed by atoms with Crippen molar-refractivity contribution in [2.24, 2.45) is 0 Å². The van der Waals surface area contributed by atoms with Crippen LogP contribution >= 0.6 is 11.8 Å². The zero-order valence-electron chi connectivity index (χ0n) is 12.4. The predicted octanol–water partition coefficient (Wildman–Crippen LogP) is 4.62. The molecule has 0 aromatic heterocycles. The molecule has 0 spiro atoms. The summed E-state index contributed by atoms with van der Waals surface area (Å²) in [6.45, 7) is 4.34. The number of rotatable bonds is 5. The third kappa shape index (κ3) is 3.08. The van der Waals surface area contributed by atoms with Gasteiger partial charge in [-0.15, -0.1) is 11.8 Å². The van der Waals surface area contributed by atoms with Crippen LogP contribution in [0.25, 0.3) is 0 Å². The van der Waals surface area contributed by atoms with E-state index in [4.69, 9.17) is 0 Å². The van der Waals surface area contributed by atoms with Gasteiger partial charge in [0.15, 0.2) is 0 Å². The van der Waals surface area contributed by atoms with E-state index in [1.165, 1.54) is 11.1 Å². The minimum Gasteiger partial charge on any atom is -0.384 e. The number of aliphatic hydroxyl groups excluding tert-OH is 1. The highest BCUT2D eigenvalue weighted by atomic mass is 32.2. The van der Waals surface area contributed by atoms with Gasteiger partial charge < -0.3 is 5.11 Å². The minimum atomic E-state index is -0.546. The van der Waals surface area contributed by atoms with E-state index >= 15 is 0 Å². The molecule has 0 amide bonds. The molecule has 0 heterocycles. The summed E-state index contributed by atoms with van der Waals surface area (Å²) in [7, 11) is 0. The molecule has 106 valence electrons. The van der Waals surface area contributed by atoms with Crippen LogP contribution in [0, 0.1) is 0 Å². The van der Waals surface area contributed by atoms with E-state index in [9.17, 15) is 5.11 Å². The van der Waals surface area contributed by atoms with Crippen molar-refractivity contribution in [2.45, 2.75) is 37.7 Å². The van der Waals surface area contributed by atoms with E-state index in [1.807, 2.05) is 24.5 Å². The quantitative estimate of drug-likeness (QED) is 0.810. The molecule has 1 unspecified atom stereocenters. The van der Waals surface area contributed by atoms with Gasteiger partial charge >= 0.3 is 0 Å². The molecule has 1 nitrogen and oxygen atoms in total. The lowest BCUT2D eigenvalue weighted by Gasteiger charge is -2.17. The normalized spacial score (nSPS) is 12.4. The largest absolute Gasteiger partial charge is 0.384 e. The number of thioether (sulfide) groups is 1. The van der Waals surface area contributed by atoms with Crippen LogP contribution in [0.5, 0.6) is 0 Å². The van der Waals surface area contributed by atoms with Gasteiger partial charge in [0.2, 0.25) is 0 Å². The summed E-state index contributed by atoms with van der Waals surface area (Å²) >= 11 is 1.68. The van der Waals surface area contributed by atoms with E-state index in [0.717, 1.165) is 28.9 Å². The topological polar surface area (TPSA) is 20.2 Å². The standard InChI is InChI=1S/C18H22OS/c1-4-13-10-11-15(12-14(13)5-2)18(19)16-8-6-7-9-17(16)20-3/h6-12,18-19H,4-5H2,1-3H3. The van der Waals surface area contributed by atoms with Crippen LogP contribution in [0.3, 0.4) is 0 Å².